The first kappa shape index (κ1) is 11.0. The summed E-state index contributed by atoms with van der Waals surface area (Å²) in [5, 5.41) is 3.21. The van der Waals surface area contributed by atoms with E-state index in [2.05, 4.69) is 11.2 Å². The summed E-state index contributed by atoms with van der Waals surface area (Å²) in [7, 11) is 1.75. The molecule has 0 aromatic carbocycles. The molecule has 1 fully saturated rings. The molecule has 0 saturated carbocycles. The number of nitrogens with zero attached hydrogens (tertiary/aromatic N) is 1. The van der Waals surface area contributed by atoms with Gasteiger partial charge in [0.15, 0.2) is 0 Å². The van der Waals surface area contributed by atoms with Crippen LogP contribution in [0.15, 0.2) is 0 Å². The molecule has 1 amide bonds. The maximum Gasteiger partial charge on any atom is 0.234 e. The molecule has 1 heterocycles. The van der Waals surface area contributed by atoms with Crippen LogP contribution >= 0.6 is 0 Å². The molecule has 4 heteroatoms. The van der Waals surface area contributed by atoms with Crippen molar-refractivity contribution in [3.8, 4) is 12.3 Å². The van der Waals surface area contributed by atoms with Crippen molar-refractivity contribution in [3.63, 3.8) is 0 Å². The van der Waals surface area contributed by atoms with Gasteiger partial charge in [-0.15, -0.1) is 6.42 Å². The molecule has 1 saturated heterocycles. The summed E-state index contributed by atoms with van der Waals surface area (Å²) in [6.45, 7) is 3.00. The van der Waals surface area contributed by atoms with Gasteiger partial charge >= 0.3 is 0 Å². The Morgan fingerprint density at radius 2 is 2.57 bits per heavy atom. The van der Waals surface area contributed by atoms with Gasteiger partial charge in [0.2, 0.25) is 5.91 Å². The van der Waals surface area contributed by atoms with Gasteiger partial charge in [-0.25, -0.2) is 0 Å². The highest BCUT2D eigenvalue weighted by Gasteiger charge is 2.17. The van der Waals surface area contributed by atoms with E-state index in [1.807, 2.05) is 0 Å². The topological polar surface area (TPSA) is 41.6 Å². The van der Waals surface area contributed by atoms with Crippen molar-refractivity contribution in [2.24, 2.45) is 0 Å². The Kier molecular flexibility index (Phi) is 4.44. The highest BCUT2D eigenvalue weighted by Crippen LogP contribution is 1.99. The van der Waals surface area contributed by atoms with E-state index >= 15 is 0 Å². The fourth-order valence-electron chi connectivity index (χ4n) is 1.37. The van der Waals surface area contributed by atoms with Gasteiger partial charge in [-0.2, -0.15) is 0 Å². The third-order valence-electron chi connectivity index (χ3n) is 2.16. The summed E-state index contributed by atoms with van der Waals surface area (Å²) in [6, 6.07) is 0. The van der Waals surface area contributed by atoms with E-state index in [4.69, 9.17) is 11.2 Å². The van der Waals surface area contributed by atoms with Gasteiger partial charge in [-0.1, -0.05) is 5.92 Å². The molecule has 1 aliphatic rings. The average Bonchev–Trinajstić information content (AvgIpc) is 2.19. The van der Waals surface area contributed by atoms with Crippen LogP contribution in [0.3, 0.4) is 0 Å². The van der Waals surface area contributed by atoms with E-state index in [1.165, 1.54) is 0 Å². The molecule has 0 radical (unpaired) electrons. The first-order valence-electron chi connectivity index (χ1n) is 4.73. The number of amides is 1. The lowest BCUT2D eigenvalue weighted by molar-refractivity contribution is -0.130. The van der Waals surface area contributed by atoms with Crippen molar-refractivity contribution in [3.05, 3.63) is 0 Å². The highest BCUT2D eigenvalue weighted by atomic mass is 16.5. The Hall–Kier alpha value is -1.05. The Bertz CT molecular complexity index is 229. The summed E-state index contributed by atoms with van der Waals surface area (Å²) >= 11 is 0. The summed E-state index contributed by atoms with van der Waals surface area (Å²) in [5.74, 6) is 2.31. The molecule has 0 aliphatic carbocycles. The largest absolute Gasteiger partial charge is 0.374 e. The highest BCUT2D eigenvalue weighted by molar-refractivity contribution is 5.78. The van der Waals surface area contributed by atoms with Crippen LogP contribution in [-0.4, -0.2) is 50.2 Å². The van der Waals surface area contributed by atoms with Gasteiger partial charge < -0.3 is 15.0 Å². The number of rotatable bonds is 3. The second-order valence-corrected chi connectivity index (χ2v) is 3.35. The number of nitrogens with one attached hydrogen (secondary N) is 1. The van der Waals surface area contributed by atoms with Crippen LogP contribution in [0.2, 0.25) is 0 Å². The SMILES string of the molecule is C#CCC(=O)N(C)CC1CNCCO1. The molecule has 0 spiro atoms. The van der Waals surface area contributed by atoms with Crippen LogP contribution in [0.5, 0.6) is 0 Å². The van der Waals surface area contributed by atoms with Crippen LogP contribution in [0.1, 0.15) is 6.42 Å². The van der Waals surface area contributed by atoms with Crippen molar-refractivity contribution >= 4 is 5.91 Å². The number of carbonyl (C=O) groups excluding carboxylic acids is 1. The first-order valence-corrected chi connectivity index (χ1v) is 4.73. The van der Waals surface area contributed by atoms with E-state index in [0.29, 0.717) is 13.2 Å². The van der Waals surface area contributed by atoms with Crippen LogP contribution in [-0.2, 0) is 9.53 Å². The molecule has 1 N–H and O–H groups in total. The fourth-order valence-corrected chi connectivity index (χ4v) is 1.37. The van der Waals surface area contributed by atoms with Gasteiger partial charge in [0.1, 0.15) is 0 Å². The van der Waals surface area contributed by atoms with E-state index in [-0.39, 0.29) is 18.4 Å². The molecule has 1 rings (SSSR count). The number of hydrogen-bond acceptors (Lipinski definition) is 3. The number of ether oxygens (including phenoxy) is 1. The minimum Gasteiger partial charge on any atom is -0.374 e. The van der Waals surface area contributed by atoms with Crippen molar-refractivity contribution in [1.82, 2.24) is 10.2 Å². The number of morpholine rings is 1. The molecule has 1 atom stereocenters. The van der Waals surface area contributed by atoms with E-state index in [0.717, 1.165) is 13.1 Å². The molecular formula is C10H16N2O2. The van der Waals surface area contributed by atoms with Crippen LogP contribution in [0.4, 0.5) is 0 Å². The van der Waals surface area contributed by atoms with Crippen LogP contribution in [0, 0.1) is 12.3 Å². The normalized spacial score (nSPS) is 21.3. The van der Waals surface area contributed by atoms with E-state index in [9.17, 15) is 4.79 Å². The van der Waals surface area contributed by atoms with Gasteiger partial charge in [0, 0.05) is 26.7 Å². The zero-order chi connectivity index (χ0) is 10.4. The molecule has 78 valence electrons. The maximum absolute atomic E-state index is 11.3. The Balaban J connectivity index is 2.28. The van der Waals surface area contributed by atoms with Crippen molar-refractivity contribution < 1.29 is 9.53 Å². The lowest BCUT2D eigenvalue weighted by Gasteiger charge is -2.27. The monoisotopic (exact) mass is 196 g/mol. The Morgan fingerprint density at radius 3 is 3.14 bits per heavy atom. The summed E-state index contributed by atoms with van der Waals surface area (Å²) in [6.07, 6.45) is 5.32. The zero-order valence-corrected chi connectivity index (χ0v) is 8.45. The lowest BCUT2D eigenvalue weighted by Crippen LogP contribution is -2.45. The summed E-state index contributed by atoms with van der Waals surface area (Å²) in [5.41, 5.74) is 0. The van der Waals surface area contributed by atoms with Crippen LogP contribution in [0.25, 0.3) is 0 Å². The number of carbonyl (C=O) groups is 1. The number of terminal acetylenes is 1. The predicted molar refractivity (Wildman–Crippen MR) is 53.7 cm³/mol. The molecule has 1 unspecified atom stereocenters. The molecular weight excluding hydrogens is 180 g/mol. The van der Waals surface area contributed by atoms with Gasteiger partial charge in [-0.3, -0.25) is 4.79 Å². The average molecular weight is 196 g/mol. The third-order valence-corrected chi connectivity index (χ3v) is 2.16. The van der Waals surface area contributed by atoms with Gasteiger partial charge in [0.25, 0.3) is 0 Å². The molecule has 1 aliphatic heterocycles. The summed E-state index contributed by atoms with van der Waals surface area (Å²) < 4.78 is 5.47. The van der Waals surface area contributed by atoms with Crippen molar-refractivity contribution in [2.75, 3.05) is 33.3 Å². The van der Waals surface area contributed by atoms with Gasteiger partial charge in [-0.05, 0) is 0 Å². The standard InChI is InChI=1S/C10H16N2O2/c1-3-4-10(13)12(2)8-9-7-11-5-6-14-9/h1,9,11H,4-8H2,2H3. The third kappa shape index (κ3) is 3.36. The second-order valence-electron chi connectivity index (χ2n) is 3.35. The smallest absolute Gasteiger partial charge is 0.234 e. The number of hydrogen-bond donors (Lipinski definition) is 1. The first-order chi connectivity index (χ1) is 6.74. The lowest BCUT2D eigenvalue weighted by atomic mass is 10.2. The molecule has 4 nitrogen and oxygen atoms in total. The molecule has 0 bridgehead atoms. The Morgan fingerprint density at radius 1 is 1.79 bits per heavy atom. The predicted octanol–water partition coefficient (Wildman–Crippen LogP) is -0.543. The Labute approximate surface area is 84.6 Å². The summed E-state index contributed by atoms with van der Waals surface area (Å²) in [4.78, 5) is 12.9. The second kappa shape index (κ2) is 5.63. The maximum atomic E-state index is 11.3. The minimum absolute atomic E-state index is 0.0262. The van der Waals surface area contributed by atoms with Crippen molar-refractivity contribution in [2.45, 2.75) is 12.5 Å². The molecule has 0 aromatic heterocycles. The van der Waals surface area contributed by atoms with Crippen molar-refractivity contribution in [1.29, 1.82) is 0 Å². The zero-order valence-electron chi connectivity index (χ0n) is 8.45. The van der Waals surface area contributed by atoms with Gasteiger partial charge in [0.05, 0.1) is 19.1 Å². The van der Waals surface area contributed by atoms with Crippen LogP contribution < -0.4 is 5.32 Å². The minimum atomic E-state index is -0.0262. The quantitative estimate of drug-likeness (QED) is 0.616. The van der Waals surface area contributed by atoms with E-state index in [1.54, 1.807) is 11.9 Å². The van der Waals surface area contributed by atoms with E-state index < -0.39 is 0 Å². The number of likely N-dealkylation sites (N-methyl/N-ethyl adjacent to an activating group) is 1. The molecule has 0 aromatic rings. The fraction of sp³-hybridized carbons (Fsp3) is 0.700. The molecule has 14 heavy (non-hydrogen) atoms.